The number of furan rings is 1. The molecule has 7 heteroatoms. The molecule has 3 aromatic rings. The molecule has 0 fully saturated rings. The minimum absolute atomic E-state index is 0.129. The van der Waals surface area contributed by atoms with Gasteiger partial charge in [-0.05, 0) is 36.2 Å². The van der Waals surface area contributed by atoms with Gasteiger partial charge < -0.3 is 4.42 Å². The molecule has 32 heavy (non-hydrogen) atoms. The molecule has 0 N–H and O–H groups in total. The normalized spacial score (nSPS) is 15.6. The van der Waals surface area contributed by atoms with E-state index in [1.807, 2.05) is 60.4 Å². The third-order valence-electron chi connectivity index (χ3n) is 5.45. The number of hydrazone groups is 1. The molecule has 3 heterocycles. The first kappa shape index (κ1) is 21.5. The lowest BCUT2D eigenvalue weighted by atomic mass is 10.0. The number of aromatic nitrogens is 1. The molecule has 0 spiro atoms. The second-order valence-corrected chi connectivity index (χ2v) is 7.87. The van der Waals surface area contributed by atoms with Gasteiger partial charge in [0.2, 0.25) is 0 Å². The molecule has 1 unspecified atom stereocenters. The van der Waals surface area contributed by atoms with Gasteiger partial charge in [-0.15, -0.1) is 0 Å². The van der Waals surface area contributed by atoms with Gasteiger partial charge in [0, 0.05) is 38.3 Å². The number of carbonyl (C=O) groups is 1. The van der Waals surface area contributed by atoms with Crippen molar-refractivity contribution in [2.24, 2.45) is 5.10 Å². The SMILES string of the molecule is Cc1ccc(C2=NN(C(=O)CN(CCC#N)Cc3cccnc3)C(c3ccco3)C2)cc1. The van der Waals surface area contributed by atoms with Gasteiger partial charge in [-0.25, -0.2) is 5.01 Å². The zero-order valence-electron chi connectivity index (χ0n) is 18.0. The van der Waals surface area contributed by atoms with Crippen molar-refractivity contribution in [2.45, 2.75) is 32.4 Å². The van der Waals surface area contributed by atoms with Crippen LogP contribution in [-0.2, 0) is 11.3 Å². The number of benzene rings is 1. The van der Waals surface area contributed by atoms with Gasteiger partial charge in [0.05, 0.1) is 24.6 Å². The Morgan fingerprint density at radius 1 is 1.25 bits per heavy atom. The summed E-state index contributed by atoms with van der Waals surface area (Å²) in [7, 11) is 0. The first-order valence-corrected chi connectivity index (χ1v) is 10.6. The average Bonchev–Trinajstić information content (AvgIpc) is 3.49. The molecule has 1 aliphatic rings. The summed E-state index contributed by atoms with van der Waals surface area (Å²) in [5.41, 5.74) is 4.02. The zero-order chi connectivity index (χ0) is 22.3. The Morgan fingerprint density at radius 3 is 2.78 bits per heavy atom. The van der Waals surface area contributed by atoms with E-state index in [4.69, 9.17) is 14.8 Å². The Bertz CT molecular complexity index is 1100. The van der Waals surface area contributed by atoms with Gasteiger partial charge >= 0.3 is 0 Å². The maximum absolute atomic E-state index is 13.4. The van der Waals surface area contributed by atoms with Crippen molar-refractivity contribution < 1.29 is 9.21 Å². The Labute approximate surface area is 187 Å². The molecule has 1 atom stereocenters. The topological polar surface area (TPSA) is 85.7 Å². The van der Waals surface area contributed by atoms with Gasteiger partial charge in [0.25, 0.3) is 5.91 Å². The van der Waals surface area contributed by atoms with E-state index in [9.17, 15) is 4.79 Å². The molecule has 2 aromatic heterocycles. The number of carbonyl (C=O) groups excluding carboxylic acids is 1. The quantitative estimate of drug-likeness (QED) is 0.541. The Morgan fingerprint density at radius 2 is 2.09 bits per heavy atom. The molecular formula is C25H25N5O2. The van der Waals surface area contributed by atoms with Gasteiger partial charge in [0.15, 0.2) is 0 Å². The van der Waals surface area contributed by atoms with Crippen molar-refractivity contribution in [3.05, 3.63) is 89.6 Å². The molecule has 1 amide bonds. The van der Waals surface area contributed by atoms with E-state index in [0.29, 0.717) is 31.7 Å². The molecule has 162 valence electrons. The predicted octanol–water partition coefficient (Wildman–Crippen LogP) is 4.08. The van der Waals surface area contributed by atoms with Crippen LogP contribution in [0.1, 0.15) is 41.3 Å². The highest BCUT2D eigenvalue weighted by Gasteiger charge is 2.35. The van der Waals surface area contributed by atoms with Crippen molar-refractivity contribution in [3.63, 3.8) is 0 Å². The summed E-state index contributed by atoms with van der Waals surface area (Å²) >= 11 is 0. The van der Waals surface area contributed by atoms with Gasteiger partial charge in [0.1, 0.15) is 11.8 Å². The molecule has 1 aromatic carbocycles. The van der Waals surface area contributed by atoms with E-state index in [1.165, 1.54) is 10.6 Å². The largest absolute Gasteiger partial charge is 0.467 e. The number of hydrogen-bond donors (Lipinski definition) is 0. The lowest BCUT2D eigenvalue weighted by molar-refractivity contribution is -0.134. The van der Waals surface area contributed by atoms with Gasteiger partial charge in [-0.3, -0.25) is 14.7 Å². The monoisotopic (exact) mass is 427 g/mol. The molecule has 7 nitrogen and oxygen atoms in total. The van der Waals surface area contributed by atoms with E-state index in [2.05, 4.69) is 11.1 Å². The van der Waals surface area contributed by atoms with Crippen LogP contribution in [-0.4, -0.2) is 39.6 Å². The first-order chi connectivity index (χ1) is 15.6. The number of amides is 1. The smallest absolute Gasteiger partial charge is 0.257 e. The van der Waals surface area contributed by atoms with Crippen LogP contribution >= 0.6 is 0 Å². The Balaban J connectivity index is 1.56. The van der Waals surface area contributed by atoms with Crippen LogP contribution in [0.25, 0.3) is 0 Å². The van der Waals surface area contributed by atoms with Crippen molar-refractivity contribution >= 4 is 11.6 Å². The zero-order valence-corrected chi connectivity index (χ0v) is 18.0. The standard InChI is InChI=1S/C25H25N5O2/c1-19-7-9-21(10-8-19)22-15-23(24-6-3-14-32-24)30(28-22)25(31)18-29(13-4-11-26)17-20-5-2-12-27-16-20/h2-3,5-10,12,14,16,23H,4,13,15,17-18H2,1H3. The third-order valence-corrected chi connectivity index (χ3v) is 5.45. The Hall–Kier alpha value is -3.76. The van der Waals surface area contributed by atoms with Crippen molar-refractivity contribution in [1.82, 2.24) is 14.9 Å². The van der Waals surface area contributed by atoms with Crippen LogP contribution in [0.3, 0.4) is 0 Å². The highest BCUT2D eigenvalue weighted by Crippen LogP contribution is 2.33. The third kappa shape index (κ3) is 5.10. The van der Waals surface area contributed by atoms with Crippen LogP contribution in [0.5, 0.6) is 0 Å². The number of rotatable bonds is 8. The number of nitriles is 1. The fourth-order valence-corrected chi connectivity index (χ4v) is 3.80. The number of pyridine rings is 1. The summed E-state index contributed by atoms with van der Waals surface area (Å²) in [6.45, 7) is 3.22. The second-order valence-electron chi connectivity index (χ2n) is 7.87. The summed E-state index contributed by atoms with van der Waals surface area (Å²) in [6.07, 6.45) is 6.03. The van der Waals surface area contributed by atoms with E-state index in [-0.39, 0.29) is 18.5 Å². The summed E-state index contributed by atoms with van der Waals surface area (Å²) in [5, 5.41) is 15.3. The summed E-state index contributed by atoms with van der Waals surface area (Å²) in [6, 6.07) is 17.6. The minimum atomic E-state index is -0.287. The van der Waals surface area contributed by atoms with Crippen molar-refractivity contribution in [3.8, 4) is 6.07 Å². The molecule has 1 aliphatic heterocycles. The summed E-state index contributed by atoms with van der Waals surface area (Å²) < 4.78 is 5.63. The molecule has 0 saturated heterocycles. The lowest BCUT2D eigenvalue weighted by Gasteiger charge is -2.25. The van der Waals surface area contributed by atoms with Crippen molar-refractivity contribution in [2.75, 3.05) is 13.1 Å². The van der Waals surface area contributed by atoms with E-state index in [0.717, 1.165) is 16.8 Å². The fourth-order valence-electron chi connectivity index (χ4n) is 3.80. The summed E-state index contributed by atoms with van der Waals surface area (Å²) in [5.74, 6) is 0.579. The predicted molar refractivity (Wildman–Crippen MR) is 120 cm³/mol. The molecule has 0 aliphatic carbocycles. The average molecular weight is 428 g/mol. The van der Waals surface area contributed by atoms with Crippen LogP contribution in [0.4, 0.5) is 0 Å². The molecule has 0 radical (unpaired) electrons. The van der Waals surface area contributed by atoms with Crippen LogP contribution < -0.4 is 0 Å². The minimum Gasteiger partial charge on any atom is -0.467 e. The summed E-state index contributed by atoms with van der Waals surface area (Å²) in [4.78, 5) is 19.5. The number of nitrogens with zero attached hydrogens (tertiary/aromatic N) is 5. The molecule has 4 rings (SSSR count). The molecular weight excluding hydrogens is 402 g/mol. The highest BCUT2D eigenvalue weighted by molar-refractivity contribution is 6.03. The van der Waals surface area contributed by atoms with Gasteiger partial charge in [-0.1, -0.05) is 35.9 Å². The van der Waals surface area contributed by atoms with E-state index >= 15 is 0 Å². The first-order valence-electron chi connectivity index (χ1n) is 10.6. The van der Waals surface area contributed by atoms with Crippen LogP contribution in [0, 0.1) is 18.3 Å². The lowest BCUT2D eigenvalue weighted by Crippen LogP contribution is -2.38. The number of hydrogen-bond acceptors (Lipinski definition) is 6. The van der Waals surface area contributed by atoms with Crippen LogP contribution in [0.2, 0.25) is 0 Å². The highest BCUT2D eigenvalue weighted by atomic mass is 16.3. The molecule has 0 saturated carbocycles. The molecule has 0 bridgehead atoms. The van der Waals surface area contributed by atoms with Crippen molar-refractivity contribution in [1.29, 1.82) is 5.26 Å². The van der Waals surface area contributed by atoms with Crippen LogP contribution in [0.15, 0.2) is 76.7 Å². The fraction of sp³-hybridized carbons (Fsp3) is 0.280. The van der Waals surface area contributed by atoms with E-state index < -0.39 is 0 Å². The Kier molecular flexibility index (Phi) is 6.73. The number of aryl methyl sites for hydroxylation is 1. The van der Waals surface area contributed by atoms with Gasteiger partial charge in [-0.2, -0.15) is 10.4 Å². The maximum atomic E-state index is 13.4. The maximum Gasteiger partial charge on any atom is 0.257 e. The van der Waals surface area contributed by atoms with E-state index in [1.54, 1.807) is 18.7 Å². The second kappa shape index (κ2) is 10.0.